The van der Waals surface area contributed by atoms with Gasteiger partial charge >= 0.3 is 18.1 Å². The average molecular weight is 370 g/mol. The number of carbonyl (C=O) groups excluding carboxylic acids is 1. The van der Waals surface area contributed by atoms with Crippen LogP contribution in [0.2, 0.25) is 0 Å². The number of nitrogens with one attached hydrogen (secondary N) is 1. The van der Waals surface area contributed by atoms with Gasteiger partial charge in [-0.3, -0.25) is 4.84 Å². The van der Waals surface area contributed by atoms with Crippen LogP contribution in [-0.4, -0.2) is 34.9 Å². The average Bonchev–Trinajstić information content (AvgIpc) is 3.30. The van der Waals surface area contributed by atoms with E-state index >= 15 is 0 Å². The van der Waals surface area contributed by atoms with E-state index in [0.717, 1.165) is 18.4 Å². The second kappa shape index (κ2) is 7.32. The zero-order valence-electron chi connectivity index (χ0n) is 13.9. The molecule has 26 heavy (non-hydrogen) atoms. The number of aromatic nitrogens is 2. The number of benzene rings is 1. The molecule has 1 fully saturated rings. The van der Waals surface area contributed by atoms with E-state index in [1.54, 1.807) is 24.3 Å². The predicted octanol–water partition coefficient (Wildman–Crippen LogP) is 3.24. The Kier molecular flexibility index (Phi) is 5.12. The van der Waals surface area contributed by atoms with Gasteiger partial charge in [-0.15, -0.1) is 0 Å². The van der Waals surface area contributed by atoms with Crippen molar-refractivity contribution in [2.75, 3.05) is 13.7 Å². The Morgan fingerprint density at radius 3 is 2.58 bits per heavy atom. The van der Waals surface area contributed by atoms with Gasteiger partial charge in [-0.25, -0.2) is 4.79 Å². The standard InChI is InChI=1S/C16H17F3N4O3/c1-25-23(15(24)20-8-10-2-3-10)9-11-4-6-12(7-5-11)13-21-14(26-22-13)16(17,18)19/h4-7,10H,2-3,8-9H2,1H3,(H,20,24). The van der Waals surface area contributed by atoms with Gasteiger partial charge in [0.15, 0.2) is 0 Å². The summed E-state index contributed by atoms with van der Waals surface area (Å²) in [5, 5.41) is 7.30. The molecule has 10 heteroatoms. The highest BCUT2D eigenvalue weighted by Gasteiger charge is 2.38. The van der Waals surface area contributed by atoms with Crippen molar-refractivity contribution >= 4 is 6.03 Å². The van der Waals surface area contributed by atoms with Crippen molar-refractivity contribution in [3.05, 3.63) is 35.7 Å². The van der Waals surface area contributed by atoms with Crippen LogP contribution < -0.4 is 5.32 Å². The lowest BCUT2D eigenvalue weighted by atomic mass is 10.1. The van der Waals surface area contributed by atoms with Crippen molar-refractivity contribution in [1.29, 1.82) is 0 Å². The van der Waals surface area contributed by atoms with E-state index in [2.05, 4.69) is 20.0 Å². The molecule has 1 aromatic carbocycles. The SMILES string of the molecule is CON(Cc1ccc(-c2noc(C(F)(F)F)n2)cc1)C(=O)NCC1CC1. The van der Waals surface area contributed by atoms with Gasteiger partial charge in [0.1, 0.15) is 0 Å². The maximum absolute atomic E-state index is 12.5. The second-order valence-corrected chi connectivity index (χ2v) is 5.97. The van der Waals surface area contributed by atoms with E-state index in [1.807, 2.05) is 0 Å². The molecule has 0 spiro atoms. The van der Waals surface area contributed by atoms with Crippen LogP contribution in [0.5, 0.6) is 0 Å². The van der Waals surface area contributed by atoms with Crippen molar-refractivity contribution < 1.29 is 27.3 Å². The first-order valence-corrected chi connectivity index (χ1v) is 7.96. The van der Waals surface area contributed by atoms with E-state index in [1.165, 1.54) is 12.2 Å². The third-order valence-electron chi connectivity index (χ3n) is 3.89. The Morgan fingerprint density at radius 2 is 2.04 bits per heavy atom. The molecule has 2 amide bonds. The molecule has 0 atom stereocenters. The summed E-state index contributed by atoms with van der Waals surface area (Å²) in [5.41, 5.74) is 1.10. The molecule has 7 nitrogen and oxygen atoms in total. The number of hydrogen-bond donors (Lipinski definition) is 1. The van der Waals surface area contributed by atoms with Gasteiger partial charge in [-0.2, -0.15) is 23.2 Å². The number of amides is 2. The van der Waals surface area contributed by atoms with Crippen molar-refractivity contribution in [3.8, 4) is 11.4 Å². The largest absolute Gasteiger partial charge is 0.471 e. The highest BCUT2D eigenvalue weighted by atomic mass is 19.4. The molecule has 0 aliphatic heterocycles. The molecule has 3 rings (SSSR count). The Labute approximate surface area is 147 Å². The first-order chi connectivity index (χ1) is 12.4. The van der Waals surface area contributed by atoms with E-state index in [9.17, 15) is 18.0 Å². The van der Waals surface area contributed by atoms with Crippen molar-refractivity contribution in [1.82, 2.24) is 20.5 Å². The molecule has 1 N–H and O–H groups in total. The van der Waals surface area contributed by atoms with Gasteiger partial charge in [0, 0.05) is 12.1 Å². The van der Waals surface area contributed by atoms with Crippen molar-refractivity contribution in [3.63, 3.8) is 0 Å². The number of rotatable bonds is 6. The molecule has 1 aliphatic carbocycles. The summed E-state index contributed by atoms with van der Waals surface area (Å²) < 4.78 is 41.7. The summed E-state index contributed by atoms with van der Waals surface area (Å²) in [4.78, 5) is 20.5. The predicted molar refractivity (Wildman–Crippen MR) is 83.4 cm³/mol. The molecule has 0 bridgehead atoms. The Bertz CT molecular complexity index is 757. The maximum atomic E-state index is 12.5. The molecule has 1 heterocycles. The Balaban J connectivity index is 1.62. The molecule has 2 aromatic rings. The van der Waals surface area contributed by atoms with Crippen LogP contribution in [0.4, 0.5) is 18.0 Å². The van der Waals surface area contributed by atoms with E-state index in [4.69, 9.17) is 4.84 Å². The summed E-state index contributed by atoms with van der Waals surface area (Å²) >= 11 is 0. The normalized spacial score (nSPS) is 14.3. The molecule has 1 aliphatic rings. The van der Waals surface area contributed by atoms with Gasteiger partial charge in [0.25, 0.3) is 0 Å². The monoisotopic (exact) mass is 370 g/mol. The number of carbonyl (C=O) groups is 1. The maximum Gasteiger partial charge on any atom is 0.471 e. The van der Waals surface area contributed by atoms with E-state index < -0.39 is 12.1 Å². The van der Waals surface area contributed by atoms with Crippen LogP contribution in [0.15, 0.2) is 28.8 Å². The summed E-state index contributed by atoms with van der Waals surface area (Å²) in [5.74, 6) is -1.00. The minimum atomic E-state index is -4.68. The second-order valence-electron chi connectivity index (χ2n) is 5.97. The lowest BCUT2D eigenvalue weighted by Crippen LogP contribution is -2.39. The van der Waals surface area contributed by atoms with Gasteiger partial charge < -0.3 is 9.84 Å². The minimum Gasteiger partial charge on any atom is -0.336 e. The van der Waals surface area contributed by atoms with Gasteiger partial charge in [0.2, 0.25) is 5.82 Å². The first-order valence-electron chi connectivity index (χ1n) is 7.96. The summed E-state index contributed by atoms with van der Waals surface area (Å²) in [6.45, 7) is 0.810. The van der Waals surface area contributed by atoms with Gasteiger partial charge in [-0.05, 0) is 24.3 Å². The summed E-state index contributed by atoms with van der Waals surface area (Å²) in [6.07, 6.45) is -2.43. The van der Waals surface area contributed by atoms with Crippen LogP contribution >= 0.6 is 0 Å². The lowest BCUT2D eigenvalue weighted by molar-refractivity contribution is -0.159. The fourth-order valence-corrected chi connectivity index (χ4v) is 2.24. The van der Waals surface area contributed by atoms with Crippen molar-refractivity contribution in [2.24, 2.45) is 5.92 Å². The number of alkyl halides is 3. The quantitative estimate of drug-likeness (QED) is 0.790. The van der Waals surface area contributed by atoms with E-state index in [-0.39, 0.29) is 18.4 Å². The third-order valence-corrected chi connectivity index (χ3v) is 3.89. The number of nitrogens with zero attached hydrogens (tertiary/aromatic N) is 3. The Hall–Kier alpha value is -2.62. The van der Waals surface area contributed by atoms with E-state index in [0.29, 0.717) is 18.0 Å². The van der Waals surface area contributed by atoms with Crippen LogP contribution in [0.25, 0.3) is 11.4 Å². The van der Waals surface area contributed by atoms with Crippen LogP contribution in [0.3, 0.4) is 0 Å². The molecule has 1 aromatic heterocycles. The van der Waals surface area contributed by atoms with Crippen molar-refractivity contribution in [2.45, 2.75) is 25.6 Å². The molecular formula is C16H17F3N4O3. The fourth-order valence-electron chi connectivity index (χ4n) is 2.24. The smallest absolute Gasteiger partial charge is 0.336 e. The fraction of sp³-hybridized carbons (Fsp3) is 0.438. The van der Waals surface area contributed by atoms with Gasteiger partial charge in [0.05, 0.1) is 13.7 Å². The summed E-state index contributed by atoms with van der Waals surface area (Å²) in [7, 11) is 1.39. The Morgan fingerprint density at radius 1 is 1.35 bits per heavy atom. The molecule has 0 saturated heterocycles. The molecule has 1 saturated carbocycles. The highest BCUT2D eigenvalue weighted by Crippen LogP contribution is 2.29. The zero-order chi connectivity index (χ0) is 18.7. The molecule has 0 unspecified atom stereocenters. The summed E-state index contributed by atoms with van der Waals surface area (Å²) in [6, 6.07) is 6.07. The molecule has 0 radical (unpaired) electrons. The number of urea groups is 1. The number of hydrogen-bond acceptors (Lipinski definition) is 5. The lowest BCUT2D eigenvalue weighted by Gasteiger charge is -2.20. The number of halogens is 3. The molecular weight excluding hydrogens is 353 g/mol. The van der Waals surface area contributed by atoms with Crippen LogP contribution in [0.1, 0.15) is 24.3 Å². The van der Waals surface area contributed by atoms with Gasteiger partial charge in [-0.1, -0.05) is 29.4 Å². The minimum absolute atomic E-state index is 0.158. The third kappa shape index (κ3) is 4.51. The highest BCUT2D eigenvalue weighted by molar-refractivity contribution is 5.73. The van der Waals surface area contributed by atoms with Crippen LogP contribution in [-0.2, 0) is 17.6 Å². The first kappa shape index (κ1) is 18.2. The number of hydroxylamine groups is 2. The van der Waals surface area contributed by atoms with Crippen LogP contribution in [0, 0.1) is 5.92 Å². The molecule has 140 valence electrons. The zero-order valence-corrected chi connectivity index (χ0v) is 13.9. The topological polar surface area (TPSA) is 80.5 Å².